The van der Waals surface area contributed by atoms with Gasteiger partial charge >= 0.3 is 0 Å². The fourth-order valence-corrected chi connectivity index (χ4v) is 1.05. The highest BCUT2D eigenvalue weighted by molar-refractivity contribution is 5.34. The minimum Gasteiger partial charge on any atom is -0.353 e. The molecule has 0 aromatic carbocycles. The van der Waals surface area contributed by atoms with Crippen LogP contribution in [0.3, 0.4) is 0 Å². The van der Waals surface area contributed by atoms with Crippen LogP contribution in [-0.2, 0) is 11.8 Å². The van der Waals surface area contributed by atoms with Gasteiger partial charge in [0.25, 0.3) is 0 Å². The Labute approximate surface area is 65.4 Å². The molecule has 1 atom stereocenters. The van der Waals surface area contributed by atoms with Gasteiger partial charge in [0.2, 0.25) is 6.08 Å². The first kappa shape index (κ1) is 7.76. The molecule has 0 amide bonds. The molecule has 1 aromatic heterocycles. The predicted molar refractivity (Wildman–Crippen MR) is 41.9 cm³/mol. The molecule has 0 spiro atoms. The van der Waals surface area contributed by atoms with E-state index in [1.165, 1.54) is 0 Å². The molecule has 0 saturated heterocycles. The van der Waals surface area contributed by atoms with Crippen LogP contribution >= 0.6 is 0 Å². The molecule has 0 aliphatic heterocycles. The van der Waals surface area contributed by atoms with Gasteiger partial charge in [0.05, 0.1) is 6.04 Å². The van der Waals surface area contributed by atoms with Crippen LogP contribution < -0.4 is 0 Å². The highest BCUT2D eigenvalue weighted by Crippen LogP contribution is 2.14. The fraction of sp³-hybridized carbons (Fsp3) is 0.375. The summed E-state index contributed by atoms with van der Waals surface area (Å²) >= 11 is 0. The second-order valence-electron chi connectivity index (χ2n) is 2.44. The molecule has 0 N–H and O–H groups in total. The van der Waals surface area contributed by atoms with Gasteiger partial charge in [-0.2, -0.15) is 4.99 Å². The number of carbonyl (C=O) groups excluding carboxylic acids is 1. The highest BCUT2D eigenvalue weighted by atomic mass is 16.1. The molecule has 0 fully saturated rings. The van der Waals surface area contributed by atoms with Crippen molar-refractivity contribution < 1.29 is 4.79 Å². The maximum absolute atomic E-state index is 9.92. The summed E-state index contributed by atoms with van der Waals surface area (Å²) in [5.74, 6) is 0. The molecule has 58 valence electrons. The van der Waals surface area contributed by atoms with Gasteiger partial charge in [-0.1, -0.05) is 0 Å². The van der Waals surface area contributed by atoms with Gasteiger partial charge < -0.3 is 4.57 Å². The molecular weight excluding hydrogens is 140 g/mol. The van der Waals surface area contributed by atoms with Crippen LogP contribution in [0.5, 0.6) is 0 Å². The zero-order valence-electron chi connectivity index (χ0n) is 6.61. The summed E-state index contributed by atoms with van der Waals surface area (Å²) < 4.78 is 1.94. The minimum atomic E-state index is -0.0903. The molecule has 3 nitrogen and oxygen atoms in total. The lowest BCUT2D eigenvalue weighted by molar-refractivity contribution is 0.558. The van der Waals surface area contributed by atoms with E-state index in [2.05, 4.69) is 4.99 Å². The molecule has 0 saturated carbocycles. The Morgan fingerprint density at radius 1 is 1.73 bits per heavy atom. The van der Waals surface area contributed by atoms with Gasteiger partial charge in [0.1, 0.15) is 0 Å². The molecule has 0 aliphatic rings. The number of nitrogens with zero attached hydrogens (tertiary/aromatic N) is 2. The lowest BCUT2D eigenvalue weighted by atomic mass is 10.2. The second kappa shape index (κ2) is 3.17. The predicted octanol–water partition coefficient (Wildman–Crippen LogP) is 1.42. The molecule has 0 aliphatic carbocycles. The van der Waals surface area contributed by atoms with Crippen LogP contribution in [0.1, 0.15) is 18.7 Å². The Bertz CT molecular complexity index is 284. The van der Waals surface area contributed by atoms with Crippen LogP contribution in [0.4, 0.5) is 0 Å². The van der Waals surface area contributed by atoms with Crippen molar-refractivity contribution >= 4 is 6.08 Å². The fourth-order valence-electron chi connectivity index (χ4n) is 1.05. The third kappa shape index (κ3) is 1.57. The van der Waals surface area contributed by atoms with Gasteiger partial charge in [0.15, 0.2) is 0 Å². The maximum Gasteiger partial charge on any atom is 0.235 e. The van der Waals surface area contributed by atoms with Crippen LogP contribution in [0.15, 0.2) is 23.3 Å². The van der Waals surface area contributed by atoms with Crippen molar-refractivity contribution in [2.24, 2.45) is 12.0 Å². The molecule has 1 aromatic rings. The lowest BCUT2D eigenvalue weighted by Gasteiger charge is -2.04. The average Bonchev–Trinajstić information content (AvgIpc) is 2.36. The summed E-state index contributed by atoms with van der Waals surface area (Å²) in [7, 11) is 1.92. The summed E-state index contributed by atoms with van der Waals surface area (Å²) in [6.07, 6.45) is 3.47. The van der Waals surface area contributed by atoms with Crippen LogP contribution in [0.2, 0.25) is 0 Å². The molecule has 1 heterocycles. The Kier molecular flexibility index (Phi) is 2.24. The number of isocyanates is 1. The average molecular weight is 150 g/mol. The molecule has 1 unspecified atom stereocenters. The van der Waals surface area contributed by atoms with Crippen LogP contribution in [0.25, 0.3) is 0 Å². The van der Waals surface area contributed by atoms with E-state index in [0.717, 1.165) is 5.69 Å². The lowest BCUT2D eigenvalue weighted by Crippen LogP contribution is -1.97. The standard InChI is InChI=1S/C8H10N2O/c1-7(9-6-11)8-4-3-5-10(8)2/h3-5,7H,1-2H3. The molecule has 0 radical (unpaired) electrons. The summed E-state index contributed by atoms with van der Waals surface area (Å²) in [5, 5.41) is 0. The molecule has 0 bridgehead atoms. The first-order valence-electron chi connectivity index (χ1n) is 3.44. The smallest absolute Gasteiger partial charge is 0.235 e. The van der Waals surface area contributed by atoms with Gasteiger partial charge in [0, 0.05) is 18.9 Å². The Hall–Kier alpha value is -1.34. The minimum absolute atomic E-state index is 0.0903. The van der Waals surface area contributed by atoms with E-state index in [1.54, 1.807) is 6.08 Å². The Balaban J connectivity index is 2.92. The van der Waals surface area contributed by atoms with E-state index in [1.807, 2.05) is 36.9 Å². The zero-order valence-corrected chi connectivity index (χ0v) is 6.61. The summed E-state index contributed by atoms with van der Waals surface area (Å²) in [4.78, 5) is 13.5. The summed E-state index contributed by atoms with van der Waals surface area (Å²) in [6.45, 7) is 1.86. The third-order valence-electron chi connectivity index (χ3n) is 1.66. The van der Waals surface area contributed by atoms with Gasteiger partial charge in [-0.25, -0.2) is 4.79 Å². The van der Waals surface area contributed by atoms with Gasteiger partial charge in [-0.05, 0) is 19.1 Å². The van der Waals surface area contributed by atoms with E-state index in [9.17, 15) is 4.79 Å². The molecular formula is C8H10N2O. The monoisotopic (exact) mass is 150 g/mol. The number of aromatic nitrogens is 1. The van der Waals surface area contributed by atoms with Crippen molar-refractivity contribution in [3.8, 4) is 0 Å². The summed E-state index contributed by atoms with van der Waals surface area (Å²) in [5.41, 5.74) is 1.02. The molecule has 3 heteroatoms. The van der Waals surface area contributed by atoms with Gasteiger partial charge in [-0.15, -0.1) is 0 Å². The number of rotatable bonds is 2. The Morgan fingerprint density at radius 3 is 2.91 bits per heavy atom. The topological polar surface area (TPSA) is 34.4 Å². The van der Waals surface area contributed by atoms with E-state index >= 15 is 0 Å². The van der Waals surface area contributed by atoms with E-state index in [-0.39, 0.29) is 6.04 Å². The SMILES string of the molecule is CC(N=C=O)c1cccn1C. The van der Waals surface area contributed by atoms with Crippen molar-refractivity contribution in [2.45, 2.75) is 13.0 Å². The first-order valence-corrected chi connectivity index (χ1v) is 3.44. The number of aryl methyl sites for hydroxylation is 1. The molecule has 1 rings (SSSR count). The summed E-state index contributed by atoms with van der Waals surface area (Å²) in [6, 6.07) is 3.77. The molecule has 11 heavy (non-hydrogen) atoms. The van der Waals surface area contributed by atoms with Crippen LogP contribution in [0, 0.1) is 0 Å². The van der Waals surface area contributed by atoms with E-state index in [0.29, 0.717) is 0 Å². The third-order valence-corrected chi connectivity index (χ3v) is 1.66. The number of hydrogen-bond donors (Lipinski definition) is 0. The van der Waals surface area contributed by atoms with E-state index < -0.39 is 0 Å². The largest absolute Gasteiger partial charge is 0.353 e. The van der Waals surface area contributed by atoms with Gasteiger partial charge in [-0.3, -0.25) is 0 Å². The van der Waals surface area contributed by atoms with Crippen molar-refractivity contribution in [3.63, 3.8) is 0 Å². The first-order chi connectivity index (χ1) is 5.25. The number of hydrogen-bond acceptors (Lipinski definition) is 2. The number of aliphatic imine (C=N–C) groups is 1. The maximum atomic E-state index is 9.92. The van der Waals surface area contributed by atoms with Crippen molar-refractivity contribution in [2.75, 3.05) is 0 Å². The Morgan fingerprint density at radius 2 is 2.45 bits per heavy atom. The van der Waals surface area contributed by atoms with Crippen molar-refractivity contribution in [3.05, 3.63) is 24.0 Å². The highest BCUT2D eigenvalue weighted by Gasteiger charge is 2.04. The second-order valence-corrected chi connectivity index (χ2v) is 2.44. The zero-order chi connectivity index (χ0) is 8.27. The van der Waals surface area contributed by atoms with E-state index in [4.69, 9.17) is 0 Å². The van der Waals surface area contributed by atoms with Crippen LogP contribution in [-0.4, -0.2) is 10.6 Å². The van der Waals surface area contributed by atoms with Crippen molar-refractivity contribution in [1.82, 2.24) is 4.57 Å². The van der Waals surface area contributed by atoms with Crippen molar-refractivity contribution in [1.29, 1.82) is 0 Å². The quantitative estimate of drug-likeness (QED) is 0.463. The normalized spacial score (nSPS) is 12.2.